The lowest BCUT2D eigenvalue weighted by molar-refractivity contribution is -0.130. The summed E-state index contributed by atoms with van der Waals surface area (Å²) in [5, 5.41) is 4.20. The van der Waals surface area contributed by atoms with Gasteiger partial charge in [-0.3, -0.25) is 4.79 Å². The van der Waals surface area contributed by atoms with E-state index in [-0.39, 0.29) is 18.4 Å². The first-order valence-electron chi connectivity index (χ1n) is 9.88. The van der Waals surface area contributed by atoms with Gasteiger partial charge in [0.05, 0.1) is 25.2 Å². The standard InChI is InChI=1S/C21H26N6O2/c1-5-26-12-16(29-19-9-7-6-8-18(19)26)11-25(4)20(28)10-17-14(2)24-21-22-13-23-27(21)15(17)3/h6-9,13,16H,5,10-12H2,1-4H3/t16-/m1/s1. The topological polar surface area (TPSA) is 75.9 Å². The number of hydrogen-bond acceptors (Lipinski definition) is 6. The summed E-state index contributed by atoms with van der Waals surface area (Å²) >= 11 is 0. The summed E-state index contributed by atoms with van der Waals surface area (Å²) in [6.45, 7) is 8.17. The molecule has 1 aliphatic heterocycles. The van der Waals surface area contributed by atoms with Gasteiger partial charge in [0.1, 0.15) is 18.2 Å². The number of amides is 1. The van der Waals surface area contributed by atoms with Crippen molar-refractivity contribution in [2.24, 2.45) is 0 Å². The Morgan fingerprint density at radius 2 is 2.10 bits per heavy atom. The van der Waals surface area contributed by atoms with Crippen molar-refractivity contribution < 1.29 is 9.53 Å². The molecule has 0 bridgehead atoms. The van der Waals surface area contributed by atoms with Gasteiger partial charge >= 0.3 is 0 Å². The van der Waals surface area contributed by atoms with E-state index in [9.17, 15) is 4.79 Å². The van der Waals surface area contributed by atoms with Crippen molar-refractivity contribution in [2.75, 3.05) is 31.6 Å². The fourth-order valence-corrected chi connectivity index (χ4v) is 3.88. The summed E-state index contributed by atoms with van der Waals surface area (Å²) in [4.78, 5) is 25.6. The molecule has 1 aliphatic rings. The molecule has 0 spiro atoms. The number of hydrogen-bond donors (Lipinski definition) is 0. The minimum Gasteiger partial charge on any atom is -0.485 e. The first-order valence-corrected chi connectivity index (χ1v) is 9.88. The lowest BCUT2D eigenvalue weighted by Gasteiger charge is -2.37. The molecule has 0 aliphatic carbocycles. The smallest absolute Gasteiger partial charge is 0.252 e. The van der Waals surface area contributed by atoms with Crippen molar-refractivity contribution in [3.63, 3.8) is 0 Å². The molecule has 1 amide bonds. The van der Waals surface area contributed by atoms with E-state index in [2.05, 4.69) is 33.0 Å². The molecule has 29 heavy (non-hydrogen) atoms. The summed E-state index contributed by atoms with van der Waals surface area (Å²) < 4.78 is 7.84. The van der Waals surface area contributed by atoms with Crippen LogP contribution >= 0.6 is 0 Å². The van der Waals surface area contributed by atoms with E-state index >= 15 is 0 Å². The molecule has 1 atom stereocenters. The number of ether oxygens (including phenoxy) is 1. The number of aryl methyl sites for hydroxylation is 2. The number of likely N-dealkylation sites (N-methyl/N-ethyl adjacent to an activating group) is 2. The van der Waals surface area contributed by atoms with Gasteiger partial charge in [0.2, 0.25) is 5.91 Å². The second-order valence-electron chi connectivity index (χ2n) is 7.43. The van der Waals surface area contributed by atoms with Crippen LogP contribution in [0.5, 0.6) is 5.75 Å². The molecule has 0 unspecified atom stereocenters. The van der Waals surface area contributed by atoms with Crippen molar-refractivity contribution >= 4 is 17.4 Å². The third-order valence-electron chi connectivity index (χ3n) is 5.53. The van der Waals surface area contributed by atoms with Crippen LogP contribution in [0.2, 0.25) is 0 Å². The van der Waals surface area contributed by atoms with E-state index in [0.29, 0.717) is 12.3 Å². The number of nitrogens with zero attached hydrogens (tertiary/aromatic N) is 6. The first-order chi connectivity index (χ1) is 14.0. The zero-order chi connectivity index (χ0) is 20.5. The summed E-state index contributed by atoms with van der Waals surface area (Å²) in [6.07, 6.45) is 1.68. The minimum absolute atomic E-state index is 0.0305. The Morgan fingerprint density at radius 1 is 1.31 bits per heavy atom. The monoisotopic (exact) mass is 394 g/mol. The van der Waals surface area contributed by atoms with Crippen LogP contribution in [0.15, 0.2) is 30.6 Å². The molecule has 3 aromatic rings. The Hall–Kier alpha value is -3.16. The molecule has 8 heteroatoms. The molecule has 0 saturated heterocycles. The molecule has 1 aromatic carbocycles. The van der Waals surface area contributed by atoms with Gasteiger partial charge in [-0.2, -0.15) is 10.1 Å². The third-order valence-corrected chi connectivity index (χ3v) is 5.53. The molecule has 0 saturated carbocycles. The maximum atomic E-state index is 12.9. The van der Waals surface area contributed by atoms with E-state index in [1.807, 2.05) is 39.1 Å². The average Bonchev–Trinajstić information content (AvgIpc) is 3.18. The van der Waals surface area contributed by atoms with Gasteiger partial charge < -0.3 is 14.5 Å². The number of fused-ring (bicyclic) bond motifs is 2. The molecule has 0 fully saturated rings. The third kappa shape index (κ3) is 3.62. The fraction of sp³-hybridized carbons (Fsp3) is 0.429. The molecule has 0 radical (unpaired) electrons. The van der Waals surface area contributed by atoms with Gasteiger partial charge in [-0.25, -0.2) is 9.50 Å². The van der Waals surface area contributed by atoms with E-state index in [0.717, 1.165) is 41.5 Å². The highest BCUT2D eigenvalue weighted by Gasteiger charge is 2.27. The van der Waals surface area contributed by atoms with Crippen LogP contribution in [0.4, 0.5) is 5.69 Å². The summed E-state index contributed by atoms with van der Waals surface area (Å²) in [6, 6.07) is 8.05. The Kier molecular flexibility index (Phi) is 5.08. The van der Waals surface area contributed by atoms with Crippen LogP contribution in [0.3, 0.4) is 0 Å². The number of rotatable bonds is 5. The number of aromatic nitrogens is 4. The minimum atomic E-state index is -0.0723. The van der Waals surface area contributed by atoms with Crippen LogP contribution in [-0.2, 0) is 11.2 Å². The van der Waals surface area contributed by atoms with Gasteiger partial charge in [0.15, 0.2) is 0 Å². The van der Waals surface area contributed by atoms with Crippen molar-refractivity contribution in [1.29, 1.82) is 0 Å². The van der Waals surface area contributed by atoms with E-state index in [1.165, 1.54) is 6.33 Å². The van der Waals surface area contributed by atoms with Crippen molar-refractivity contribution in [3.05, 3.63) is 47.5 Å². The maximum absolute atomic E-state index is 12.9. The van der Waals surface area contributed by atoms with Crippen LogP contribution in [0.1, 0.15) is 23.9 Å². The molecule has 152 valence electrons. The summed E-state index contributed by atoms with van der Waals surface area (Å²) in [5.41, 5.74) is 3.71. The van der Waals surface area contributed by atoms with Crippen molar-refractivity contribution in [2.45, 2.75) is 33.3 Å². The second-order valence-corrected chi connectivity index (χ2v) is 7.43. The number of benzene rings is 1. The van der Waals surface area contributed by atoms with Crippen LogP contribution in [-0.4, -0.2) is 63.2 Å². The predicted octanol–water partition coefficient (Wildman–Crippen LogP) is 2.03. The second kappa shape index (κ2) is 7.69. The van der Waals surface area contributed by atoms with Gasteiger partial charge in [-0.1, -0.05) is 12.1 Å². The van der Waals surface area contributed by atoms with Crippen molar-refractivity contribution in [3.8, 4) is 5.75 Å². The largest absolute Gasteiger partial charge is 0.485 e. The lowest BCUT2D eigenvalue weighted by atomic mass is 10.1. The van der Waals surface area contributed by atoms with Crippen molar-refractivity contribution in [1.82, 2.24) is 24.5 Å². The molecule has 3 heterocycles. The first kappa shape index (κ1) is 19.2. The molecular weight excluding hydrogens is 368 g/mol. The Bertz CT molecular complexity index is 1050. The SMILES string of the molecule is CCN1C[C@@H](CN(C)C(=O)Cc2c(C)nc3ncnn3c2C)Oc2ccccc21. The molecule has 8 nitrogen and oxygen atoms in total. The predicted molar refractivity (Wildman–Crippen MR) is 110 cm³/mol. The highest BCUT2D eigenvalue weighted by atomic mass is 16.5. The molecular formula is C21H26N6O2. The lowest BCUT2D eigenvalue weighted by Crippen LogP contribution is -2.47. The van der Waals surface area contributed by atoms with E-state index in [4.69, 9.17) is 4.74 Å². The highest BCUT2D eigenvalue weighted by Crippen LogP contribution is 2.32. The number of carbonyl (C=O) groups is 1. The Labute approximate surface area is 170 Å². The van der Waals surface area contributed by atoms with Gasteiger partial charge in [-0.15, -0.1) is 0 Å². The highest BCUT2D eigenvalue weighted by molar-refractivity contribution is 5.79. The van der Waals surface area contributed by atoms with Gasteiger partial charge in [-0.05, 0) is 32.9 Å². The van der Waals surface area contributed by atoms with Crippen LogP contribution in [0, 0.1) is 13.8 Å². The zero-order valence-corrected chi connectivity index (χ0v) is 17.3. The zero-order valence-electron chi connectivity index (χ0n) is 17.3. The summed E-state index contributed by atoms with van der Waals surface area (Å²) in [7, 11) is 1.83. The summed E-state index contributed by atoms with van der Waals surface area (Å²) in [5.74, 6) is 1.46. The maximum Gasteiger partial charge on any atom is 0.252 e. The number of anilines is 1. The van der Waals surface area contributed by atoms with E-state index < -0.39 is 0 Å². The Balaban J connectivity index is 1.47. The quantitative estimate of drug-likeness (QED) is 0.659. The number of carbonyl (C=O) groups excluding carboxylic acids is 1. The van der Waals surface area contributed by atoms with Gasteiger partial charge in [0, 0.05) is 30.5 Å². The van der Waals surface area contributed by atoms with E-state index in [1.54, 1.807) is 9.42 Å². The molecule has 2 aromatic heterocycles. The number of para-hydroxylation sites is 2. The Morgan fingerprint density at radius 3 is 2.90 bits per heavy atom. The molecule has 4 rings (SSSR count). The fourth-order valence-electron chi connectivity index (χ4n) is 3.88. The van der Waals surface area contributed by atoms with Gasteiger partial charge in [0.25, 0.3) is 5.78 Å². The average molecular weight is 394 g/mol. The normalized spacial score (nSPS) is 15.9. The van der Waals surface area contributed by atoms with Crippen LogP contribution in [0.25, 0.3) is 5.78 Å². The molecule has 0 N–H and O–H groups in total. The van der Waals surface area contributed by atoms with Crippen LogP contribution < -0.4 is 9.64 Å².